The van der Waals surface area contributed by atoms with Crippen LogP contribution in [0.1, 0.15) is 34.1 Å². The Morgan fingerprint density at radius 2 is 2.17 bits per heavy atom. The summed E-state index contributed by atoms with van der Waals surface area (Å²) in [7, 11) is 0. The summed E-state index contributed by atoms with van der Waals surface area (Å²) < 4.78 is 0. The van der Waals surface area contributed by atoms with Crippen LogP contribution < -0.4 is 0 Å². The molecule has 0 heteroatoms. The quantitative estimate of drug-likeness (QED) is 0.549. The Morgan fingerprint density at radius 1 is 1.50 bits per heavy atom. The highest BCUT2D eigenvalue weighted by Gasteiger charge is 2.06. The van der Waals surface area contributed by atoms with Crippen LogP contribution in [0.25, 0.3) is 0 Å². The normalized spacial score (nSPS) is 22.8. The maximum Gasteiger partial charge on any atom is -0.0218 e. The fraction of sp³-hybridized carbons (Fsp3) is 0.500. The predicted molar refractivity (Wildman–Crippen MR) is 55.1 cm³/mol. The van der Waals surface area contributed by atoms with E-state index >= 15 is 0 Å². The molecule has 0 amide bonds. The van der Waals surface area contributed by atoms with E-state index < -0.39 is 0 Å². The van der Waals surface area contributed by atoms with Crippen molar-refractivity contribution in [2.24, 2.45) is 5.92 Å². The van der Waals surface area contributed by atoms with Crippen LogP contribution in [0, 0.1) is 5.92 Å². The first-order valence-electron chi connectivity index (χ1n) is 4.63. The molecule has 66 valence electrons. The first kappa shape index (κ1) is 9.31. The van der Waals surface area contributed by atoms with Crippen LogP contribution in [0.15, 0.2) is 34.9 Å². The maximum absolute atomic E-state index is 2.36. The second-order valence-electron chi connectivity index (χ2n) is 3.94. The second kappa shape index (κ2) is 3.75. The molecule has 1 unspecified atom stereocenters. The molecule has 0 saturated heterocycles. The minimum absolute atomic E-state index is 0.708. The zero-order chi connectivity index (χ0) is 9.14. The summed E-state index contributed by atoms with van der Waals surface area (Å²) in [5.74, 6) is 0.708. The van der Waals surface area contributed by atoms with Crippen molar-refractivity contribution in [2.45, 2.75) is 34.1 Å². The van der Waals surface area contributed by atoms with Gasteiger partial charge in [0.2, 0.25) is 0 Å². The Bertz CT molecular complexity index is 247. The highest BCUT2D eigenvalue weighted by Crippen LogP contribution is 2.23. The molecular weight excluding hydrogens is 144 g/mol. The standard InChI is InChI=1S/C12H18/c1-9(2)7-12-8-10(3)5-6-11(12)4/h6-8,10H,5H2,1-4H3. The zero-order valence-electron chi connectivity index (χ0n) is 8.52. The summed E-state index contributed by atoms with van der Waals surface area (Å²) >= 11 is 0. The lowest BCUT2D eigenvalue weighted by molar-refractivity contribution is 0.725. The third-order valence-corrected chi connectivity index (χ3v) is 2.16. The summed E-state index contributed by atoms with van der Waals surface area (Å²) in [4.78, 5) is 0. The van der Waals surface area contributed by atoms with E-state index in [2.05, 4.69) is 45.9 Å². The van der Waals surface area contributed by atoms with Crippen molar-refractivity contribution in [3.8, 4) is 0 Å². The van der Waals surface area contributed by atoms with Crippen LogP contribution >= 0.6 is 0 Å². The van der Waals surface area contributed by atoms with E-state index in [1.807, 2.05) is 0 Å². The van der Waals surface area contributed by atoms with Gasteiger partial charge in [-0.25, -0.2) is 0 Å². The molecule has 1 aliphatic carbocycles. The molecule has 1 atom stereocenters. The van der Waals surface area contributed by atoms with Crippen molar-refractivity contribution in [3.63, 3.8) is 0 Å². The molecular formula is C12H18. The van der Waals surface area contributed by atoms with Crippen LogP contribution in [0.2, 0.25) is 0 Å². The van der Waals surface area contributed by atoms with Crippen molar-refractivity contribution >= 4 is 0 Å². The molecule has 1 rings (SSSR count). The molecule has 1 aliphatic rings. The molecule has 0 aromatic rings. The smallest absolute Gasteiger partial charge is 0.0218 e. The molecule has 0 radical (unpaired) electrons. The van der Waals surface area contributed by atoms with E-state index in [4.69, 9.17) is 0 Å². The summed E-state index contributed by atoms with van der Waals surface area (Å²) in [5.41, 5.74) is 4.21. The fourth-order valence-electron chi connectivity index (χ4n) is 1.46. The van der Waals surface area contributed by atoms with Crippen molar-refractivity contribution in [2.75, 3.05) is 0 Å². The van der Waals surface area contributed by atoms with Gasteiger partial charge < -0.3 is 0 Å². The van der Waals surface area contributed by atoms with Crippen molar-refractivity contribution in [1.29, 1.82) is 0 Å². The SMILES string of the molecule is CC(C)=CC1=CC(C)CC=C1C. The van der Waals surface area contributed by atoms with Gasteiger partial charge in [0.15, 0.2) is 0 Å². The van der Waals surface area contributed by atoms with Crippen LogP contribution in [0.3, 0.4) is 0 Å². The monoisotopic (exact) mass is 162 g/mol. The topological polar surface area (TPSA) is 0 Å². The van der Waals surface area contributed by atoms with Gasteiger partial charge >= 0.3 is 0 Å². The molecule has 0 fully saturated rings. The molecule has 0 aromatic carbocycles. The lowest BCUT2D eigenvalue weighted by Crippen LogP contribution is -1.97. The Morgan fingerprint density at radius 3 is 2.75 bits per heavy atom. The van der Waals surface area contributed by atoms with Gasteiger partial charge in [0, 0.05) is 0 Å². The van der Waals surface area contributed by atoms with E-state index in [1.165, 1.54) is 23.1 Å². The van der Waals surface area contributed by atoms with E-state index in [9.17, 15) is 0 Å². The third-order valence-electron chi connectivity index (χ3n) is 2.16. The summed E-state index contributed by atoms with van der Waals surface area (Å²) in [6.45, 7) is 8.75. The average Bonchev–Trinajstić information content (AvgIpc) is 1.96. The van der Waals surface area contributed by atoms with Gasteiger partial charge in [-0.3, -0.25) is 0 Å². The van der Waals surface area contributed by atoms with Gasteiger partial charge in [-0.05, 0) is 44.3 Å². The number of allylic oxidation sites excluding steroid dienone is 6. The lowest BCUT2D eigenvalue weighted by Gasteiger charge is -2.14. The lowest BCUT2D eigenvalue weighted by atomic mass is 9.91. The molecule has 12 heavy (non-hydrogen) atoms. The van der Waals surface area contributed by atoms with Gasteiger partial charge in [-0.15, -0.1) is 0 Å². The molecule has 0 nitrogen and oxygen atoms in total. The largest absolute Gasteiger partial charge is 0.0804 e. The van der Waals surface area contributed by atoms with E-state index in [0.717, 1.165) is 0 Å². The van der Waals surface area contributed by atoms with E-state index in [0.29, 0.717) is 5.92 Å². The Labute approximate surface area is 75.7 Å². The Balaban J connectivity index is 2.87. The molecule has 0 aliphatic heterocycles. The van der Waals surface area contributed by atoms with Gasteiger partial charge in [0.05, 0.1) is 0 Å². The second-order valence-corrected chi connectivity index (χ2v) is 3.94. The van der Waals surface area contributed by atoms with Gasteiger partial charge in [0.1, 0.15) is 0 Å². The minimum atomic E-state index is 0.708. The number of hydrogen-bond donors (Lipinski definition) is 0. The number of hydrogen-bond acceptors (Lipinski definition) is 0. The molecule has 0 saturated carbocycles. The molecule has 0 N–H and O–H groups in total. The highest BCUT2D eigenvalue weighted by atomic mass is 14.1. The summed E-state index contributed by atoms with van der Waals surface area (Å²) in [5, 5.41) is 0. The molecule has 0 heterocycles. The number of rotatable bonds is 1. The summed E-state index contributed by atoms with van der Waals surface area (Å²) in [6.07, 6.45) is 8.16. The van der Waals surface area contributed by atoms with Crippen LogP contribution in [0.5, 0.6) is 0 Å². The zero-order valence-corrected chi connectivity index (χ0v) is 8.52. The summed E-state index contributed by atoms with van der Waals surface area (Å²) in [6, 6.07) is 0. The van der Waals surface area contributed by atoms with E-state index in [-0.39, 0.29) is 0 Å². The first-order valence-corrected chi connectivity index (χ1v) is 4.63. The molecule has 0 bridgehead atoms. The average molecular weight is 162 g/mol. The van der Waals surface area contributed by atoms with Gasteiger partial charge in [0.25, 0.3) is 0 Å². The maximum atomic E-state index is 2.36. The molecule has 0 aromatic heterocycles. The van der Waals surface area contributed by atoms with Crippen LogP contribution in [-0.4, -0.2) is 0 Å². The van der Waals surface area contributed by atoms with Crippen LogP contribution in [-0.2, 0) is 0 Å². The minimum Gasteiger partial charge on any atom is -0.0804 e. The predicted octanol–water partition coefficient (Wildman–Crippen LogP) is 3.87. The van der Waals surface area contributed by atoms with Gasteiger partial charge in [-0.1, -0.05) is 30.7 Å². The Hall–Kier alpha value is -0.780. The van der Waals surface area contributed by atoms with Crippen molar-refractivity contribution < 1.29 is 0 Å². The van der Waals surface area contributed by atoms with Gasteiger partial charge in [-0.2, -0.15) is 0 Å². The Kier molecular flexibility index (Phi) is 2.91. The van der Waals surface area contributed by atoms with Crippen molar-refractivity contribution in [1.82, 2.24) is 0 Å². The first-order chi connectivity index (χ1) is 5.59. The van der Waals surface area contributed by atoms with Crippen LogP contribution in [0.4, 0.5) is 0 Å². The molecule has 0 spiro atoms. The third kappa shape index (κ3) is 2.37. The highest BCUT2D eigenvalue weighted by molar-refractivity contribution is 5.42. The van der Waals surface area contributed by atoms with Crippen molar-refractivity contribution in [3.05, 3.63) is 34.9 Å². The van der Waals surface area contributed by atoms with E-state index in [1.54, 1.807) is 0 Å². The fourth-order valence-corrected chi connectivity index (χ4v) is 1.46.